The summed E-state index contributed by atoms with van der Waals surface area (Å²) in [7, 11) is 3.89. The van der Waals surface area contributed by atoms with Gasteiger partial charge in [-0.2, -0.15) is 0 Å². The normalized spacial score (nSPS) is 35.6. The molecule has 1 amide bonds. The first-order valence-electron chi connectivity index (χ1n) is 9.22. The number of fused-ring (bicyclic) bond motifs is 1. The second-order valence-corrected chi connectivity index (χ2v) is 8.03. The molecule has 0 N–H and O–H groups in total. The zero-order valence-corrected chi connectivity index (χ0v) is 15.0. The van der Waals surface area contributed by atoms with Gasteiger partial charge in [0, 0.05) is 30.1 Å². The van der Waals surface area contributed by atoms with Gasteiger partial charge < -0.3 is 14.5 Å². The average Bonchev–Trinajstić information content (AvgIpc) is 2.69. The molecule has 130 valence electrons. The van der Waals surface area contributed by atoms with Crippen LogP contribution in [0.4, 0.5) is 0 Å². The molecule has 2 saturated heterocycles. The number of amides is 1. The van der Waals surface area contributed by atoms with Crippen molar-refractivity contribution < 1.29 is 9.53 Å². The van der Waals surface area contributed by atoms with E-state index in [2.05, 4.69) is 23.8 Å². The summed E-state index contributed by atoms with van der Waals surface area (Å²) in [6.07, 6.45) is 6.06. The van der Waals surface area contributed by atoms with Gasteiger partial charge in [-0.15, -0.1) is 0 Å². The summed E-state index contributed by atoms with van der Waals surface area (Å²) in [5.74, 6) is 0.842. The maximum atomic E-state index is 13.5. The third kappa shape index (κ3) is 2.19. The number of rotatable bonds is 2. The van der Waals surface area contributed by atoms with E-state index in [1.54, 1.807) is 7.11 Å². The smallest absolute Gasteiger partial charge is 0.258 e. The molecule has 1 aliphatic carbocycles. The Morgan fingerprint density at radius 2 is 1.92 bits per heavy atom. The van der Waals surface area contributed by atoms with Gasteiger partial charge in [-0.25, -0.2) is 0 Å². The molecule has 0 unspecified atom stereocenters. The molecule has 3 aliphatic rings. The number of carbonyl (C=O) groups is 1. The Morgan fingerprint density at radius 1 is 1.21 bits per heavy atom. The van der Waals surface area contributed by atoms with Gasteiger partial charge in [0.1, 0.15) is 5.75 Å². The summed E-state index contributed by atoms with van der Waals surface area (Å²) in [4.78, 5) is 18.2. The fourth-order valence-corrected chi connectivity index (χ4v) is 5.75. The lowest BCUT2D eigenvalue weighted by Crippen LogP contribution is -2.51. The standard InChI is InChI=1S/C20H28N2O2/c1-20-12-14-13-21(2)17(20)10-6-7-11-18(20)22(14)19(23)15-8-4-5-9-16(15)24-3/h4-5,8-9,14,17-18H,6-7,10-13H2,1-3H3/t14-,17+,18-,20+/m0/s1. The van der Waals surface area contributed by atoms with Crippen LogP contribution in [0.5, 0.6) is 5.75 Å². The van der Waals surface area contributed by atoms with E-state index in [4.69, 9.17) is 4.74 Å². The highest BCUT2D eigenvalue weighted by Crippen LogP contribution is 2.53. The summed E-state index contributed by atoms with van der Waals surface area (Å²) < 4.78 is 5.45. The fourth-order valence-electron chi connectivity index (χ4n) is 5.75. The number of hydrogen-bond donors (Lipinski definition) is 0. The minimum atomic E-state index is 0.155. The number of benzene rings is 1. The number of methoxy groups -OCH3 is 1. The number of ether oxygens (including phenoxy) is 1. The van der Waals surface area contributed by atoms with Crippen LogP contribution in [0.2, 0.25) is 0 Å². The van der Waals surface area contributed by atoms with Gasteiger partial charge in [0.05, 0.1) is 12.7 Å². The number of nitrogens with zero attached hydrogens (tertiary/aromatic N) is 2. The number of likely N-dealkylation sites (tertiary alicyclic amines) is 2. The van der Waals surface area contributed by atoms with Gasteiger partial charge in [0.25, 0.3) is 5.91 Å². The molecule has 24 heavy (non-hydrogen) atoms. The molecule has 2 bridgehead atoms. The van der Waals surface area contributed by atoms with Crippen LogP contribution in [0, 0.1) is 5.41 Å². The SMILES string of the molecule is COc1ccccc1C(=O)N1[C@@H]2CN(C)[C@@H]3CCCC[C@H]1[C@]3(C)C2. The Labute approximate surface area is 144 Å². The van der Waals surface area contributed by atoms with Crippen LogP contribution in [0.3, 0.4) is 0 Å². The van der Waals surface area contributed by atoms with Gasteiger partial charge in [0.15, 0.2) is 0 Å². The molecule has 2 heterocycles. The van der Waals surface area contributed by atoms with Crippen LogP contribution >= 0.6 is 0 Å². The summed E-state index contributed by atoms with van der Waals surface area (Å²) in [6, 6.07) is 8.95. The van der Waals surface area contributed by atoms with Crippen molar-refractivity contribution in [2.45, 2.75) is 57.2 Å². The van der Waals surface area contributed by atoms with Crippen molar-refractivity contribution >= 4 is 5.91 Å². The summed E-state index contributed by atoms with van der Waals surface area (Å²) in [6.45, 7) is 3.42. The Kier molecular flexibility index (Phi) is 3.83. The third-order valence-electron chi connectivity index (χ3n) is 6.73. The molecule has 1 saturated carbocycles. The van der Waals surface area contributed by atoms with Gasteiger partial charge >= 0.3 is 0 Å². The Hall–Kier alpha value is -1.55. The first-order valence-corrected chi connectivity index (χ1v) is 9.22. The molecule has 1 aromatic carbocycles. The quantitative estimate of drug-likeness (QED) is 0.836. The molecule has 0 radical (unpaired) electrons. The maximum Gasteiger partial charge on any atom is 0.258 e. The van der Waals surface area contributed by atoms with E-state index in [-0.39, 0.29) is 11.3 Å². The predicted octanol–water partition coefficient (Wildman–Crippen LogP) is 3.17. The van der Waals surface area contributed by atoms with E-state index < -0.39 is 0 Å². The van der Waals surface area contributed by atoms with Crippen LogP contribution in [-0.4, -0.2) is 54.5 Å². The first-order chi connectivity index (χ1) is 11.6. The van der Waals surface area contributed by atoms with Crippen LogP contribution in [0.15, 0.2) is 24.3 Å². The van der Waals surface area contributed by atoms with Crippen LogP contribution in [-0.2, 0) is 0 Å². The molecule has 0 spiro atoms. The van der Waals surface area contributed by atoms with Crippen LogP contribution < -0.4 is 4.74 Å². The lowest BCUT2D eigenvalue weighted by molar-refractivity contribution is 0.0577. The molecule has 4 atom stereocenters. The van der Waals surface area contributed by atoms with Crippen molar-refractivity contribution in [3.05, 3.63) is 29.8 Å². The monoisotopic (exact) mass is 328 g/mol. The van der Waals surface area contributed by atoms with E-state index in [1.807, 2.05) is 24.3 Å². The largest absolute Gasteiger partial charge is 0.496 e. The van der Waals surface area contributed by atoms with Gasteiger partial charge in [-0.1, -0.05) is 31.9 Å². The van der Waals surface area contributed by atoms with Crippen LogP contribution in [0.1, 0.15) is 49.4 Å². The Morgan fingerprint density at radius 3 is 2.67 bits per heavy atom. The average molecular weight is 328 g/mol. The van der Waals surface area contributed by atoms with Crippen molar-refractivity contribution in [1.82, 2.24) is 9.80 Å². The fraction of sp³-hybridized carbons (Fsp3) is 0.650. The van der Waals surface area contributed by atoms with Crippen molar-refractivity contribution in [3.63, 3.8) is 0 Å². The zero-order chi connectivity index (χ0) is 16.9. The minimum Gasteiger partial charge on any atom is -0.496 e. The van der Waals surface area contributed by atoms with Crippen molar-refractivity contribution in [1.29, 1.82) is 0 Å². The zero-order valence-electron chi connectivity index (χ0n) is 15.0. The molecule has 2 aliphatic heterocycles. The summed E-state index contributed by atoms with van der Waals surface area (Å²) in [5.41, 5.74) is 0.936. The Balaban J connectivity index is 1.74. The van der Waals surface area contributed by atoms with E-state index in [1.165, 1.54) is 19.3 Å². The summed E-state index contributed by atoms with van der Waals surface area (Å²) in [5, 5.41) is 0. The van der Waals surface area contributed by atoms with E-state index in [9.17, 15) is 4.79 Å². The van der Waals surface area contributed by atoms with Gasteiger partial charge in [0.2, 0.25) is 0 Å². The minimum absolute atomic E-state index is 0.155. The van der Waals surface area contributed by atoms with E-state index >= 15 is 0 Å². The molecule has 4 rings (SSSR count). The van der Waals surface area contributed by atoms with Crippen molar-refractivity contribution in [3.8, 4) is 5.75 Å². The molecule has 4 heteroatoms. The molecule has 4 nitrogen and oxygen atoms in total. The number of para-hydroxylation sites is 1. The van der Waals surface area contributed by atoms with Gasteiger partial charge in [-0.05, 0) is 38.4 Å². The lowest BCUT2D eigenvalue weighted by Gasteiger charge is -2.44. The number of hydrogen-bond acceptors (Lipinski definition) is 3. The molecule has 1 aromatic rings. The number of piperidine rings is 1. The first kappa shape index (κ1) is 15.9. The van der Waals surface area contributed by atoms with Crippen molar-refractivity contribution in [2.75, 3.05) is 20.7 Å². The highest BCUT2D eigenvalue weighted by molar-refractivity contribution is 5.97. The highest BCUT2D eigenvalue weighted by Gasteiger charge is 2.59. The lowest BCUT2D eigenvalue weighted by atomic mass is 9.71. The van der Waals surface area contributed by atoms with E-state index in [0.29, 0.717) is 29.4 Å². The third-order valence-corrected chi connectivity index (χ3v) is 6.73. The second kappa shape index (κ2) is 5.76. The second-order valence-electron chi connectivity index (χ2n) is 8.03. The topological polar surface area (TPSA) is 32.8 Å². The van der Waals surface area contributed by atoms with Gasteiger partial charge in [-0.3, -0.25) is 4.79 Å². The van der Waals surface area contributed by atoms with Crippen molar-refractivity contribution in [2.24, 2.45) is 5.41 Å². The Bertz CT molecular complexity index is 646. The molecular formula is C20H28N2O2. The molecular weight excluding hydrogens is 300 g/mol. The van der Waals surface area contributed by atoms with Crippen LogP contribution in [0.25, 0.3) is 0 Å². The molecule has 0 aromatic heterocycles. The number of carbonyl (C=O) groups excluding carboxylic acids is 1. The highest BCUT2D eigenvalue weighted by atomic mass is 16.5. The molecule has 3 fully saturated rings. The number of likely N-dealkylation sites (N-methyl/N-ethyl adjacent to an activating group) is 1. The predicted molar refractivity (Wildman–Crippen MR) is 94.3 cm³/mol. The summed E-state index contributed by atoms with van der Waals surface area (Å²) >= 11 is 0. The van der Waals surface area contributed by atoms with E-state index in [0.717, 1.165) is 19.4 Å². The maximum absolute atomic E-state index is 13.5.